The van der Waals surface area contributed by atoms with E-state index in [0.717, 1.165) is 11.3 Å². The zero-order valence-corrected chi connectivity index (χ0v) is 11.3. The molecule has 1 N–H and O–H groups in total. The summed E-state index contributed by atoms with van der Waals surface area (Å²) in [4.78, 5) is 29.8. The monoisotopic (exact) mass is 287 g/mol. The first-order valence-corrected chi connectivity index (χ1v) is 6.51. The lowest BCUT2D eigenvalue weighted by atomic mass is 10.1. The van der Waals surface area contributed by atoms with Crippen LogP contribution in [-0.4, -0.2) is 31.9 Å². The number of hydrogen-bond acceptors (Lipinski definition) is 5. The highest BCUT2D eigenvalue weighted by atomic mass is 16.4. The Kier molecular flexibility index (Phi) is 5.03. The van der Waals surface area contributed by atoms with Crippen LogP contribution in [0.3, 0.4) is 0 Å². The van der Waals surface area contributed by atoms with Crippen molar-refractivity contribution in [1.29, 1.82) is 0 Å². The number of carboxylic acid groups (broad SMARTS) is 1. The van der Waals surface area contributed by atoms with Gasteiger partial charge in [0, 0.05) is 24.2 Å². The smallest absolute Gasteiger partial charge is 0.303 e. The number of hydrogen-bond donors (Lipinski definition) is 1. The molecule has 0 spiro atoms. The van der Waals surface area contributed by atoms with Crippen LogP contribution < -0.4 is 4.68 Å². The Morgan fingerprint density at radius 1 is 1.19 bits per heavy atom. The molecule has 0 aliphatic carbocycles. The second-order valence-electron chi connectivity index (χ2n) is 4.46. The third-order valence-corrected chi connectivity index (χ3v) is 2.89. The van der Waals surface area contributed by atoms with Crippen LogP contribution in [0.15, 0.2) is 37.1 Å². The maximum absolute atomic E-state index is 11.5. The lowest BCUT2D eigenvalue weighted by molar-refractivity contribution is -0.752. The van der Waals surface area contributed by atoms with Gasteiger partial charge >= 0.3 is 5.97 Å². The van der Waals surface area contributed by atoms with Crippen molar-refractivity contribution >= 4 is 11.8 Å². The summed E-state index contributed by atoms with van der Waals surface area (Å²) < 4.78 is 1.64. The Bertz CT molecular complexity index is 614. The molecular formula is C14H15N4O3+. The van der Waals surface area contributed by atoms with Crippen LogP contribution >= 0.6 is 0 Å². The summed E-state index contributed by atoms with van der Waals surface area (Å²) in [5.41, 5.74) is 1.65. The molecule has 2 rings (SSSR count). The lowest BCUT2D eigenvalue weighted by Crippen LogP contribution is -2.38. The zero-order valence-electron chi connectivity index (χ0n) is 11.3. The van der Waals surface area contributed by atoms with Gasteiger partial charge in [-0.25, -0.2) is 9.97 Å². The second kappa shape index (κ2) is 7.18. The quantitative estimate of drug-likeness (QED) is 0.751. The van der Waals surface area contributed by atoms with E-state index >= 15 is 0 Å². The average molecular weight is 287 g/mol. The van der Waals surface area contributed by atoms with Crippen molar-refractivity contribution in [3.05, 3.63) is 37.1 Å². The van der Waals surface area contributed by atoms with Crippen molar-refractivity contribution in [3.8, 4) is 11.3 Å². The summed E-state index contributed by atoms with van der Waals surface area (Å²) in [5.74, 6) is -1.03. The van der Waals surface area contributed by atoms with E-state index in [1.807, 2.05) is 6.07 Å². The van der Waals surface area contributed by atoms with Gasteiger partial charge in [-0.15, -0.1) is 0 Å². The van der Waals surface area contributed by atoms with Crippen LogP contribution in [0.5, 0.6) is 0 Å². The Labute approximate surface area is 121 Å². The standard InChI is InChI=1S/C14H14N4O3/c19-12(1-2-14(20)21)5-8-18-7-4-11(9-17-18)13-3-6-15-10-16-13/h3-4,6-7,9-10H,1-2,5,8H2/p+1. The van der Waals surface area contributed by atoms with Crippen molar-refractivity contribution in [2.24, 2.45) is 0 Å². The predicted molar refractivity (Wildman–Crippen MR) is 72.0 cm³/mol. The topological polar surface area (TPSA) is 96.9 Å². The van der Waals surface area contributed by atoms with Crippen LogP contribution in [0.2, 0.25) is 0 Å². The molecule has 108 valence electrons. The summed E-state index contributed by atoms with van der Waals surface area (Å²) in [7, 11) is 0. The number of aliphatic carboxylic acids is 1. The maximum Gasteiger partial charge on any atom is 0.303 e. The van der Waals surface area contributed by atoms with Gasteiger partial charge in [0.05, 0.1) is 18.5 Å². The normalized spacial score (nSPS) is 10.3. The molecule has 0 saturated heterocycles. The average Bonchev–Trinajstić information content (AvgIpc) is 2.52. The van der Waals surface area contributed by atoms with E-state index in [1.54, 1.807) is 29.3 Å². The van der Waals surface area contributed by atoms with E-state index in [9.17, 15) is 9.59 Å². The van der Waals surface area contributed by atoms with Gasteiger partial charge in [0.1, 0.15) is 18.3 Å². The molecule has 0 aromatic carbocycles. The maximum atomic E-state index is 11.5. The van der Waals surface area contributed by atoms with E-state index in [1.165, 1.54) is 6.33 Å². The van der Waals surface area contributed by atoms with Crippen LogP contribution in [0.4, 0.5) is 0 Å². The molecule has 21 heavy (non-hydrogen) atoms. The SMILES string of the molecule is O=C(O)CCC(=O)CC[n+]1ccc(-c2ccncn2)cn1. The molecular weight excluding hydrogens is 272 g/mol. The van der Waals surface area contributed by atoms with Crippen molar-refractivity contribution in [3.63, 3.8) is 0 Å². The number of rotatable bonds is 7. The van der Waals surface area contributed by atoms with Crippen molar-refractivity contribution in [2.45, 2.75) is 25.8 Å². The summed E-state index contributed by atoms with van der Waals surface area (Å²) in [6.07, 6.45) is 6.78. The number of carbonyl (C=O) groups is 2. The minimum absolute atomic E-state index is 0.0644. The van der Waals surface area contributed by atoms with Gasteiger partial charge in [0.25, 0.3) is 0 Å². The number of Topliss-reactive ketones (excluding diaryl/α,β-unsaturated/α-hetero) is 1. The van der Waals surface area contributed by atoms with Gasteiger partial charge in [-0.1, -0.05) is 4.68 Å². The predicted octanol–water partition coefficient (Wildman–Crippen LogP) is 0.650. The molecule has 0 fully saturated rings. The van der Waals surface area contributed by atoms with E-state index in [2.05, 4.69) is 15.1 Å². The first-order valence-electron chi connectivity index (χ1n) is 6.51. The Hall–Kier alpha value is -2.70. The Morgan fingerprint density at radius 2 is 2.05 bits per heavy atom. The minimum atomic E-state index is -0.955. The largest absolute Gasteiger partial charge is 0.481 e. The summed E-state index contributed by atoms with van der Waals surface area (Å²) in [6, 6.07) is 3.65. The number of aryl methyl sites for hydroxylation is 1. The fourth-order valence-corrected chi connectivity index (χ4v) is 1.74. The lowest BCUT2D eigenvalue weighted by Gasteiger charge is -1.98. The number of nitrogens with zero attached hydrogens (tertiary/aromatic N) is 4. The number of ketones is 1. The number of carboxylic acids is 1. The molecule has 7 nitrogen and oxygen atoms in total. The van der Waals surface area contributed by atoms with Gasteiger partial charge in [-0.3, -0.25) is 9.59 Å². The second-order valence-corrected chi connectivity index (χ2v) is 4.46. The number of aromatic nitrogens is 4. The van der Waals surface area contributed by atoms with E-state index < -0.39 is 5.97 Å². The molecule has 0 radical (unpaired) electrons. The van der Waals surface area contributed by atoms with E-state index in [-0.39, 0.29) is 25.0 Å². The van der Waals surface area contributed by atoms with Gasteiger partial charge in [0.2, 0.25) is 0 Å². The van der Waals surface area contributed by atoms with Gasteiger partial charge in [-0.2, -0.15) is 0 Å². The summed E-state index contributed by atoms with van der Waals surface area (Å²) in [5, 5.41) is 12.7. The summed E-state index contributed by atoms with van der Waals surface area (Å²) in [6.45, 7) is 0.433. The molecule has 0 unspecified atom stereocenters. The fourth-order valence-electron chi connectivity index (χ4n) is 1.74. The summed E-state index contributed by atoms with van der Waals surface area (Å²) >= 11 is 0. The zero-order chi connectivity index (χ0) is 15.1. The molecule has 0 saturated carbocycles. The number of carbonyl (C=O) groups excluding carboxylic acids is 1. The van der Waals surface area contributed by atoms with Gasteiger partial charge < -0.3 is 5.11 Å². The fraction of sp³-hybridized carbons (Fsp3) is 0.286. The minimum Gasteiger partial charge on any atom is -0.481 e. The molecule has 0 aliphatic rings. The molecule has 0 aliphatic heterocycles. The van der Waals surface area contributed by atoms with Crippen molar-refractivity contribution in [2.75, 3.05) is 0 Å². The van der Waals surface area contributed by atoms with Crippen LogP contribution in [0, 0.1) is 0 Å². The highest BCUT2D eigenvalue weighted by Gasteiger charge is 2.10. The molecule has 0 bridgehead atoms. The molecule has 2 aromatic heterocycles. The molecule has 7 heteroatoms. The first-order chi connectivity index (χ1) is 10.1. The van der Waals surface area contributed by atoms with E-state index in [0.29, 0.717) is 6.54 Å². The highest BCUT2D eigenvalue weighted by Crippen LogP contribution is 2.11. The van der Waals surface area contributed by atoms with E-state index in [4.69, 9.17) is 5.11 Å². The highest BCUT2D eigenvalue weighted by molar-refractivity contribution is 5.82. The van der Waals surface area contributed by atoms with Gasteiger partial charge in [-0.05, 0) is 11.2 Å². The Balaban J connectivity index is 1.88. The van der Waals surface area contributed by atoms with Crippen LogP contribution in [0.25, 0.3) is 11.3 Å². The molecule has 2 heterocycles. The van der Waals surface area contributed by atoms with Crippen molar-refractivity contribution in [1.82, 2.24) is 15.1 Å². The van der Waals surface area contributed by atoms with Crippen LogP contribution in [0.1, 0.15) is 19.3 Å². The third-order valence-electron chi connectivity index (χ3n) is 2.89. The van der Waals surface area contributed by atoms with Crippen LogP contribution in [-0.2, 0) is 16.1 Å². The molecule has 2 aromatic rings. The first kappa shape index (κ1) is 14.7. The Morgan fingerprint density at radius 3 is 2.67 bits per heavy atom. The van der Waals surface area contributed by atoms with Gasteiger partial charge in [0.15, 0.2) is 12.7 Å². The molecule has 0 amide bonds. The van der Waals surface area contributed by atoms with Crippen molar-refractivity contribution < 1.29 is 19.4 Å². The third kappa shape index (κ3) is 4.72. The molecule has 0 atom stereocenters.